The molecule has 1 aromatic heterocycles. The number of aromatic nitrogens is 2. The highest BCUT2D eigenvalue weighted by atomic mass is 35.5. The number of halogens is 1. The van der Waals surface area contributed by atoms with Gasteiger partial charge in [-0.05, 0) is 31.1 Å². The maximum Gasteiger partial charge on any atom is 0.230 e. The molecule has 0 aliphatic heterocycles. The first-order valence-corrected chi connectivity index (χ1v) is 7.22. The summed E-state index contributed by atoms with van der Waals surface area (Å²) in [4.78, 5) is 4.51. The largest absolute Gasteiger partial charge is 0.339 e. The summed E-state index contributed by atoms with van der Waals surface area (Å²) in [5.41, 5.74) is 0. The number of hydrogen-bond acceptors (Lipinski definition) is 3. The SMILES string of the molecule is CCCC(Cl)c1noc(C2C3CCCCC32)n1. The molecule has 3 unspecified atom stereocenters. The summed E-state index contributed by atoms with van der Waals surface area (Å²) in [6, 6.07) is 0. The zero-order valence-electron chi connectivity index (χ0n) is 10.2. The lowest BCUT2D eigenvalue weighted by Gasteiger charge is -2.04. The van der Waals surface area contributed by atoms with Gasteiger partial charge in [0.2, 0.25) is 5.89 Å². The minimum atomic E-state index is -0.0849. The lowest BCUT2D eigenvalue weighted by Crippen LogP contribution is -1.93. The van der Waals surface area contributed by atoms with E-state index in [1.807, 2.05) is 0 Å². The van der Waals surface area contributed by atoms with Crippen LogP contribution in [0.4, 0.5) is 0 Å². The molecule has 2 aliphatic carbocycles. The van der Waals surface area contributed by atoms with Crippen molar-refractivity contribution in [2.45, 2.75) is 56.7 Å². The third kappa shape index (κ3) is 2.10. The smallest absolute Gasteiger partial charge is 0.230 e. The summed E-state index contributed by atoms with van der Waals surface area (Å²) in [5, 5.41) is 3.95. The molecule has 1 heterocycles. The lowest BCUT2D eigenvalue weighted by atomic mass is 10.0. The van der Waals surface area contributed by atoms with Crippen LogP contribution in [0.5, 0.6) is 0 Å². The van der Waals surface area contributed by atoms with Gasteiger partial charge in [0, 0.05) is 5.92 Å². The van der Waals surface area contributed by atoms with Crippen molar-refractivity contribution in [3.63, 3.8) is 0 Å². The zero-order chi connectivity index (χ0) is 11.8. The monoisotopic (exact) mass is 254 g/mol. The van der Waals surface area contributed by atoms with Crippen LogP contribution in [-0.4, -0.2) is 10.1 Å². The predicted molar refractivity (Wildman–Crippen MR) is 66.0 cm³/mol. The summed E-state index contributed by atoms with van der Waals surface area (Å²) in [7, 11) is 0. The first-order chi connectivity index (χ1) is 8.31. The van der Waals surface area contributed by atoms with Crippen molar-refractivity contribution < 1.29 is 4.52 Å². The molecule has 0 saturated heterocycles. The maximum absolute atomic E-state index is 6.21. The van der Waals surface area contributed by atoms with Gasteiger partial charge in [0.05, 0.1) is 5.38 Å². The molecule has 3 atom stereocenters. The van der Waals surface area contributed by atoms with Gasteiger partial charge in [-0.15, -0.1) is 11.6 Å². The van der Waals surface area contributed by atoms with E-state index in [-0.39, 0.29) is 5.38 Å². The minimum Gasteiger partial charge on any atom is -0.339 e. The van der Waals surface area contributed by atoms with E-state index in [2.05, 4.69) is 17.1 Å². The van der Waals surface area contributed by atoms with Crippen LogP contribution in [0, 0.1) is 11.8 Å². The normalized spacial score (nSPS) is 33.2. The topological polar surface area (TPSA) is 38.9 Å². The van der Waals surface area contributed by atoms with Gasteiger partial charge in [-0.25, -0.2) is 0 Å². The van der Waals surface area contributed by atoms with Gasteiger partial charge in [-0.2, -0.15) is 4.98 Å². The second-order valence-corrected chi connectivity index (χ2v) is 5.91. The number of hydrogen-bond donors (Lipinski definition) is 0. The Morgan fingerprint density at radius 1 is 1.35 bits per heavy atom. The van der Waals surface area contributed by atoms with Crippen LogP contribution in [0.15, 0.2) is 4.52 Å². The van der Waals surface area contributed by atoms with Crippen LogP contribution in [0.1, 0.15) is 68.5 Å². The number of alkyl halides is 1. The van der Waals surface area contributed by atoms with E-state index in [4.69, 9.17) is 16.1 Å². The van der Waals surface area contributed by atoms with Crippen molar-refractivity contribution in [1.29, 1.82) is 0 Å². The molecule has 0 amide bonds. The van der Waals surface area contributed by atoms with E-state index >= 15 is 0 Å². The van der Waals surface area contributed by atoms with E-state index in [0.717, 1.165) is 30.6 Å². The van der Waals surface area contributed by atoms with Crippen molar-refractivity contribution in [2.24, 2.45) is 11.8 Å². The van der Waals surface area contributed by atoms with Gasteiger partial charge in [-0.1, -0.05) is 31.3 Å². The third-order valence-corrected chi connectivity index (χ3v) is 4.63. The second-order valence-electron chi connectivity index (χ2n) is 5.38. The van der Waals surface area contributed by atoms with Crippen molar-refractivity contribution in [1.82, 2.24) is 10.1 Å². The van der Waals surface area contributed by atoms with Gasteiger partial charge < -0.3 is 4.52 Å². The van der Waals surface area contributed by atoms with Crippen LogP contribution in [0.2, 0.25) is 0 Å². The third-order valence-electron chi connectivity index (χ3n) is 4.22. The minimum absolute atomic E-state index is 0.0849. The Kier molecular flexibility index (Phi) is 3.12. The zero-order valence-corrected chi connectivity index (χ0v) is 11.0. The molecule has 0 aromatic carbocycles. The van der Waals surface area contributed by atoms with Crippen LogP contribution in [0.25, 0.3) is 0 Å². The van der Waals surface area contributed by atoms with Gasteiger partial charge in [0.25, 0.3) is 0 Å². The molecule has 3 nitrogen and oxygen atoms in total. The number of fused-ring (bicyclic) bond motifs is 1. The molecule has 0 spiro atoms. The Hall–Kier alpha value is -0.570. The fraction of sp³-hybridized carbons (Fsp3) is 0.846. The quantitative estimate of drug-likeness (QED) is 0.761. The Labute approximate surface area is 107 Å². The Morgan fingerprint density at radius 2 is 2.06 bits per heavy atom. The molecule has 0 N–H and O–H groups in total. The summed E-state index contributed by atoms with van der Waals surface area (Å²) in [6.07, 6.45) is 7.38. The molecule has 4 heteroatoms. The molecule has 2 fully saturated rings. The van der Waals surface area contributed by atoms with Gasteiger partial charge in [0.1, 0.15) is 0 Å². The van der Waals surface area contributed by atoms with Crippen molar-refractivity contribution in [3.8, 4) is 0 Å². The fourth-order valence-corrected chi connectivity index (χ4v) is 3.56. The molecular formula is C13H19ClN2O. The summed E-state index contributed by atoms with van der Waals surface area (Å²) in [5.74, 6) is 3.71. The van der Waals surface area contributed by atoms with Gasteiger partial charge in [-0.3, -0.25) is 0 Å². The predicted octanol–water partition coefficient (Wildman–Crippen LogP) is 4.05. The molecular weight excluding hydrogens is 236 g/mol. The van der Waals surface area contributed by atoms with Gasteiger partial charge in [0.15, 0.2) is 5.82 Å². The Balaban J connectivity index is 1.69. The highest BCUT2D eigenvalue weighted by molar-refractivity contribution is 6.20. The number of rotatable bonds is 4. The molecule has 0 radical (unpaired) electrons. The van der Waals surface area contributed by atoms with Crippen LogP contribution in [-0.2, 0) is 0 Å². The summed E-state index contributed by atoms with van der Waals surface area (Å²) in [6.45, 7) is 2.12. The van der Waals surface area contributed by atoms with Crippen LogP contribution < -0.4 is 0 Å². The van der Waals surface area contributed by atoms with E-state index in [1.54, 1.807) is 0 Å². The van der Waals surface area contributed by atoms with E-state index in [0.29, 0.717) is 11.7 Å². The standard InChI is InChI=1S/C13H19ClN2O/c1-2-5-10(14)12-15-13(17-16-12)11-8-6-3-4-7-9(8)11/h8-11H,2-7H2,1H3. The molecule has 2 saturated carbocycles. The Bertz CT molecular complexity index is 381. The first-order valence-electron chi connectivity index (χ1n) is 6.78. The van der Waals surface area contributed by atoms with E-state index in [9.17, 15) is 0 Å². The molecule has 1 aromatic rings. The van der Waals surface area contributed by atoms with Crippen molar-refractivity contribution >= 4 is 11.6 Å². The van der Waals surface area contributed by atoms with E-state index in [1.165, 1.54) is 25.7 Å². The average molecular weight is 255 g/mol. The molecule has 3 rings (SSSR count). The van der Waals surface area contributed by atoms with Crippen LogP contribution >= 0.6 is 11.6 Å². The summed E-state index contributed by atoms with van der Waals surface area (Å²) >= 11 is 6.21. The average Bonchev–Trinajstić information content (AvgIpc) is 2.86. The fourth-order valence-electron chi connectivity index (χ4n) is 3.25. The van der Waals surface area contributed by atoms with E-state index < -0.39 is 0 Å². The lowest BCUT2D eigenvalue weighted by molar-refractivity contribution is 0.367. The highest BCUT2D eigenvalue weighted by Gasteiger charge is 2.54. The maximum atomic E-state index is 6.21. The molecule has 2 aliphatic rings. The van der Waals surface area contributed by atoms with Crippen LogP contribution in [0.3, 0.4) is 0 Å². The molecule has 0 bridgehead atoms. The summed E-state index contributed by atoms with van der Waals surface area (Å²) < 4.78 is 5.40. The molecule has 94 valence electrons. The highest BCUT2D eigenvalue weighted by Crippen LogP contribution is 2.60. The Morgan fingerprint density at radius 3 is 2.71 bits per heavy atom. The first kappa shape index (κ1) is 11.5. The molecule has 17 heavy (non-hydrogen) atoms. The van der Waals surface area contributed by atoms with Crippen molar-refractivity contribution in [2.75, 3.05) is 0 Å². The van der Waals surface area contributed by atoms with Crippen molar-refractivity contribution in [3.05, 3.63) is 11.7 Å². The van der Waals surface area contributed by atoms with Gasteiger partial charge >= 0.3 is 0 Å². The number of nitrogens with zero attached hydrogens (tertiary/aromatic N) is 2. The second kappa shape index (κ2) is 4.60.